The first kappa shape index (κ1) is 16.4. The molecule has 0 amide bonds. The van der Waals surface area contributed by atoms with Gasteiger partial charge in [-0.3, -0.25) is 9.97 Å². The molecular formula is C20H17FN4O. The maximum absolute atomic E-state index is 14.1. The van der Waals surface area contributed by atoms with E-state index in [4.69, 9.17) is 10.3 Å². The van der Waals surface area contributed by atoms with Crippen LogP contribution in [0.3, 0.4) is 0 Å². The van der Waals surface area contributed by atoms with Crippen LogP contribution in [-0.4, -0.2) is 15.1 Å². The second-order valence-electron chi connectivity index (χ2n) is 6.16. The Bertz CT molecular complexity index is 1080. The van der Waals surface area contributed by atoms with Crippen molar-refractivity contribution < 1.29 is 8.91 Å². The largest absolute Gasteiger partial charge is 0.356 e. The Morgan fingerprint density at radius 1 is 1.12 bits per heavy atom. The lowest BCUT2D eigenvalue weighted by atomic mass is 9.99. The van der Waals surface area contributed by atoms with Crippen molar-refractivity contribution in [2.75, 3.05) is 0 Å². The van der Waals surface area contributed by atoms with Crippen LogP contribution in [0.5, 0.6) is 0 Å². The van der Waals surface area contributed by atoms with E-state index in [2.05, 4.69) is 15.1 Å². The number of nitrogens with two attached hydrogens (primary N) is 1. The van der Waals surface area contributed by atoms with E-state index in [0.717, 1.165) is 16.6 Å². The molecule has 3 aromatic heterocycles. The molecular weight excluding hydrogens is 331 g/mol. The minimum Gasteiger partial charge on any atom is -0.356 e. The monoisotopic (exact) mass is 348 g/mol. The maximum atomic E-state index is 14.1. The third kappa shape index (κ3) is 2.95. The minimum absolute atomic E-state index is 0.243. The third-order valence-electron chi connectivity index (χ3n) is 4.29. The van der Waals surface area contributed by atoms with E-state index in [1.165, 1.54) is 6.07 Å². The summed E-state index contributed by atoms with van der Waals surface area (Å²) in [6.07, 6.45) is 1.91. The summed E-state index contributed by atoms with van der Waals surface area (Å²) in [4.78, 5) is 8.70. The van der Waals surface area contributed by atoms with Crippen LogP contribution in [0.1, 0.15) is 23.1 Å². The number of aryl methyl sites for hydroxylation is 1. The average Bonchev–Trinajstić information content (AvgIpc) is 3.08. The van der Waals surface area contributed by atoms with E-state index in [9.17, 15) is 4.39 Å². The van der Waals surface area contributed by atoms with Gasteiger partial charge in [-0.2, -0.15) is 0 Å². The molecule has 6 heteroatoms. The molecule has 1 unspecified atom stereocenters. The first-order chi connectivity index (χ1) is 12.6. The maximum Gasteiger partial charge on any atom is 0.167 e. The van der Waals surface area contributed by atoms with Gasteiger partial charge in [-0.25, -0.2) is 4.39 Å². The molecule has 0 aliphatic heterocycles. The molecule has 0 radical (unpaired) electrons. The summed E-state index contributed by atoms with van der Waals surface area (Å²) >= 11 is 0. The zero-order chi connectivity index (χ0) is 18.1. The Labute approximate surface area is 149 Å². The van der Waals surface area contributed by atoms with Crippen molar-refractivity contribution in [3.63, 3.8) is 0 Å². The molecule has 2 N–H and O–H groups in total. The van der Waals surface area contributed by atoms with Crippen LogP contribution in [0.2, 0.25) is 0 Å². The molecule has 130 valence electrons. The van der Waals surface area contributed by atoms with Gasteiger partial charge in [0.15, 0.2) is 5.58 Å². The number of hydrogen-bond acceptors (Lipinski definition) is 5. The summed E-state index contributed by atoms with van der Waals surface area (Å²) in [7, 11) is 0. The highest BCUT2D eigenvalue weighted by molar-refractivity contribution is 5.92. The number of rotatable bonds is 4. The number of halogens is 1. The van der Waals surface area contributed by atoms with Crippen molar-refractivity contribution in [2.45, 2.75) is 19.4 Å². The molecule has 0 saturated carbocycles. The molecule has 0 aliphatic rings. The SMILES string of the molecule is Cc1ccc(F)c(CC(N)c2ncccc2-c2noc3ccccc23)n1. The van der Waals surface area contributed by atoms with E-state index in [0.29, 0.717) is 22.7 Å². The van der Waals surface area contributed by atoms with Gasteiger partial charge in [0.2, 0.25) is 0 Å². The predicted molar refractivity (Wildman–Crippen MR) is 96.8 cm³/mol. The molecule has 0 spiro atoms. The van der Waals surface area contributed by atoms with Crippen molar-refractivity contribution in [3.05, 3.63) is 77.6 Å². The highest BCUT2D eigenvalue weighted by Gasteiger charge is 2.20. The molecule has 5 nitrogen and oxygen atoms in total. The smallest absolute Gasteiger partial charge is 0.167 e. The first-order valence-corrected chi connectivity index (χ1v) is 8.31. The zero-order valence-electron chi connectivity index (χ0n) is 14.2. The Morgan fingerprint density at radius 3 is 2.85 bits per heavy atom. The van der Waals surface area contributed by atoms with Gasteiger partial charge in [0, 0.05) is 29.3 Å². The standard InChI is InChI=1S/C20H17FN4O/c1-12-8-9-15(21)17(24-12)11-16(22)20-14(6-4-10-23-20)19-13-5-2-3-7-18(13)26-25-19/h2-10,16H,11,22H2,1H3. The van der Waals surface area contributed by atoms with Crippen LogP contribution in [0.4, 0.5) is 4.39 Å². The summed E-state index contributed by atoms with van der Waals surface area (Å²) in [5.41, 5.74) is 10.2. The number of fused-ring (bicyclic) bond motifs is 1. The molecule has 0 bridgehead atoms. The summed E-state index contributed by atoms with van der Waals surface area (Å²) < 4.78 is 19.5. The number of aromatic nitrogens is 3. The Kier molecular flexibility index (Phi) is 4.18. The van der Waals surface area contributed by atoms with Crippen molar-refractivity contribution in [3.8, 4) is 11.3 Å². The lowest BCUT2D eigenvalue weighted by molar-refractivity contribution is 0.459. The van der Waals surface area contributed by atoms with Crippen LogP contribution >= 0.6 is 0 Å². The van der Waals surface area contributed by atoms with E-state index in [1.54, 1.807) is 12.3 Å². The van der Waals surface area contributed by atoms with E-state index >= 15 is 0 Å². The van der Waals surface area contributed by atoms with Crippen LogP contribution < -0.4 is 5.73 Å². The minimum atomic E-state index is -0.523. The third-order valence-corrected chi connectivity index (χ3v) is 4.29. The topological polar surface area (TPSA) is 77.8 Å². The van der Waals surface area contributed by atoms with Gasteiger partial charge >= 0.3 is 0 Å². The van der Waals surface area contributed by atoms with Gasteiger partial charge < -0.3 is 10.3 Å². The molecule has 3 heterocycles. The van der Waals surface area contributed by atoms with Gasteiger partial charge in [-0.05, 0) is 43.3 Å². The second kappa shape index (κ2) is 6.65. The molecule has 4 aromatic rings. The Morgan fingerprint density at radius 2 is 1.96 bits per heavy atom. The zero-order valence-corrected chi connectivity index (χ0v) is 14.2. The second-order valence-corrected chi connectivity index (χ2v) is 6.16. The molecule has 4 rings (SSSR count). The van der Waals surface area contributed by atoms with Crippen LogP contribution in [0, 0.1) is 12.7 Å². The van der Waals surface area contributed by atoms with Crippen molar-refractivity contribution in [1.29, 1.82) is 0 Å². The van der Waals surface area contributed by atoms with Crippen LogP contribution in [0.25, 0.3) is 22.2 Å². The fourth-order valence-corrected chi connectivity index (χ4v) is 3.03. The number of nitrogens with zero attached hydrogens (tertiary/aromatic N) is 3. The Hall–Kier alpha value is -3.12. The number of hydrogen-bond donors (Lipinski definition) is 1. The summed E-state index contributed by atoms with van der Waals surface area (Å²) in [5, 5.41) is 5.07. The van der Waals surface area contributed by atoms with Crippen LogP contribution in [-0.2, 0) is 6.42 Å². The lowest BCUT2D eigenvalue weighted by Gasteiger charge is -2.14. The molecule has 0 fully saturated rings. The molecule has 1 aromatic carbocycles. The fraction of sp³-hybridized carbons (Fsp3) is 0.150. The van der Waals surface area contributed by atoms with Crippen LogP contribution in [0.15, 0.2) is 59.3 Å². The summed E-state index contributed by atoms with van der Waals surface area (Å²) in [6.45, 7) is 1.82. The summed E-state index contributed by atoms with van der Waals surface area (Å²) in [5.74, 6) is -0.365. The highest BCUT2D eigenvalue weighted by Crippen LogP contribution is 2.32. The van der Waals surface area contributed by atoms with E-state index < -0.39 is 6.04 Å². The van der Waals surface area contributed by atoms with Gasteiger partial charge in [-0.1, -0.05) is 17.3 Å². The van der Waals surface area contributed by atoms with Crippen molar-refractivity contribution in [1.82, 2.24) is 15.1 Å². The number of para-hydroxylation sites is 1. The van der Waals surface area contributed by atoms with E-state index in [1.807, 2.05) is 43.3 Å². The van der Waals surface area contributed by atoms with Gasteiger partial charge in [0.1, 0.15) is 11.5 Å². The van der Waals surface area contributed by atoms with Gasteiger partial charge in [0.25, 0.3) is 0 Å². The van der Waals surface area contributed by atoms with Gasteiger partial charge in [0.05, 0.1) is 17.4 Å². The molecule has 0 aliphatic carbocycles. The first-order valence-electron chi connectivity index (χ1n) is 8.31. The average molecular weight is 348 g/mol. The molecule has 1 atom stereocenters. The summed E-state index contributed by atoms with van der Waals surface area (Å²) in [6, 6.07) is 13.8. The normalized spacial score (nSPS) is 12.4. The predicted octanol–water partition coefficient (Wildman–Crippen LogP) is 3.97. The molecule has 26 heavy (non-hydrogen) atoms. The number of benzene rings is 1. The molecule has 0 saturated heterocycles. The quantitative estimate of drug-likeness (QED) is 0.604. The Balaban J connectivity index is 1.75. The number of pyridine rings is 2. The fourth-order valence-electron chi connectivity index (χ4n) is 3.03. The lowest BCUT2D eigenvalue weighted by Crippen LogP contribution is -2.18. The van der Waals surface area contributed by atoms with Crippen molar-refractivity contribution >= 4 is 11.0 Å². The van der Waals surface area contributed by atoms with Crippen molar-refractivity contribution in [2.24, 2.45) is 5.73 Å². The highest BCUT2D eigenvalue weighted by atomic mass is 19.1. The van der Waals surface area contributed by atoms with Gasteiger partial charge in [-0.15, -0.1) is 0 Å². The van der Waals surface area contributed by atoms with E-state index in [-0.39, 0.29) is 12.2 Å².